The van der Waals surface area contributed by atoms with Crippen LogP contribution in [0.15, 0.2) is 243 Å². The summed E-state index contributed by atoms with van der Waals surface area (Å²) in [6.45, 7) is 12.7. The molecule has 11 aromatic rings. The van der Waals surface area contributed by atoms with E-state index in [0.29, 0.717) is 78.1 Å². The van der Waals surface area contributed by atoms with Crippen molar-refractivity contribution in [2.24, 2.45) is 0 Å². The fourth-order valence-corrected chi connectivity index (χ4v) is 10.9. The van der Waals surface area contributed by atoms with E-state index in [2.05, 4.69) is 135 Å². The molecule has 0 aliphatic carbocycles. The van der Waals surface area contributed by atoms with Gasteiger partial charge in [0.2, 0.25) is 0 Å². The van der Waals surface area contributed by atoms with E-state index in [9.17, 15) is 0 Å². The summed E-state index contributed by atoms with van der Waals surface area (Å²) in [6, 6.07) is 80.2. The van der Waals surface area contributed by atoms with Crippen LogP contribution in [0.2, 0.25) is 15.1 Å². The van der Waals surface area contributed by atoms with Crippen molar-refractivity contribution >= 4 is 86.0 Å². The number of ether oxygens (including phenoxy) is 4. The number of aryl methyl sites for hydroxylation is 6. The van der Waals surface area contributed by atoms with Gasteiger partial charge in [0, 0.05) is 46.6 Å². The summed E-state index contributed by atoms with van der Waals surface area (Å²) in [5.41, 5.74) is 13.7. The van der Waals surface area contributed by atoms with Gasteiger partial charge in [-0.1, -0.05) is 150 Å². The summed E-state index contributed by atoms with van der Waals surface area (Å²) in [5, 5.41) is 1.06. The smallest absolute Gasteiger partial charge is 0.151 e. The van der Waals surface area contributed by atoms with Crippen LogP contribution < -0.4 is 33.6 Å². The summed E-state index contributed by atoms with van der Waals surface area (Å²) < 4.78 is 26.3. The standard InChI is InChI=1S/C72H58Cl3N3O4/c1-47-36-48(2)39-54(38-47)76(55-40-49(3)37-50(4)41-55)56-43-64(77(62-32-18-16-22-51(62)5)53-24-20-31-61(42-53)82-67-35-21-34-66(71(67)74)79-58-25-10-7-11-26-58)70(73)65(44-56)78(63-33-19-17-23-52(63)6)57-45-68(80-59-27-12-8-13-28-59)72(75)69(46-57)81-60-29-14-9-15-30-60/h7-46H,1-6H3. The Labute approximate surface area is 495 Å². The van der Waals surface area contributed by atoms with E-state index in [0.717, 1.165) is 67.5 Å². The van der Waals surface area contributed by atoms with Crippen LogP contribution in [0.3, 0.4) is 0 Å². The first-order valence-corrected chi connectivity index (χ1v) is 28.1. The van der Waals surface area contributed by atoms with Gasteiger partial charge in [0.15, 0.2) is 11.5 Å². The number of hydrogen-bond acceptors (Lipinski definition) is 7. The van der Waals surface area contributed by atoms with E-state index >= 15 is 0 Å². The zero-order valence-corrected chi connectivity index (χ0v) is 48.5. The average molecular weight is 1140 g/mol. The van der Waals surface area contributed by atoms with Gasteiger partial charge in [-0.2, -0.15) is 0 Å². The maximum absolute atomic E-state index is 8.36. The summed E-state index contributed by atoms with van der Waals surface area (Å²) in [5.74, 6) is 4.05. The molecule has 0 aliphatic heterocycles. The van der Waals surface area contributed by atoms with Crippen molar-refractivity contribution in [2.45, 2.75) is 41.5 Å². The maximum atomic E-state index is 8.36. The Bertz CT molecular complexity index is 3930. The molecule has 0 aromatic heterocycles. The highest BCUT2D eigenvalue weighted by Crippen LogP contribution is 2.54. The van der Waals surface area contributed by atoms with E-state index in [4.69, 9.17) is 53.8 Å². The van der Waals surface area contributed by atoms with Gasteiger partial charge >= 0.3 is 0 Å². The van der Waals surface area contributed by atoms with Gasteiger partial charge in [-0.3, -0.25) is 0 Å². The molecular formula is C72H58Cl3N3O4. The number of nitrogens with zero attached hydrogens (tertiary/aromatic N) is 3. The second-order valence-corrected chi connectivity index (χ2v) is 21.4. The van der Waals surface area contributed by atoms with E-state index in [1.54, 1.807) is 0 Å². The lowest BCUT2D eigenvalue weighted by atomic mass is 10.0. The van der Waals surface area contributed by atoms with Crippen molar-refractivity contribution in [1.82, 2.24) is 0 Å². The fraction of sp³-hybridized carbons (Fsp3) is 0.0833. The molecule has 406 valence electrons. The molecule has 10 heteroatoms. The molecule has 0 unspecified atom stereocenters. The summed E-state index contributed by atoms with van der Waals surface area (Å²) in [4.78, 5) is 6.68. The van der Waals surface area contributed by atoms with E-state index in [1.165, 1.54) is 0 Å². The molecule has 0 heterocycles. The Morgan fingerprint density at radius 2 is 0.585 bits per heavy atom. The molecule has 0 N–H and O–H groups in total. The second-order valence-electron chi connectivity index (χ2n) is 20.2. The van der Waals surface area contributed by atoms with Crippen molar-refractivity contribution < 1.29 is 18.9 Å². The van der Waals surface area contributed by atoms with Gasteiger partial charge in [0.25, 0.3) is 0 Å². The second kappa shape index (κ2) is 24.3. The van der Waals surface area contributed by atoms with Crippen molar-refractivity contribution in [1.29, 1.82) is 0 Å². The third-order valence-corrected chi connectivity index (χ3v) is 14.9. The highest BCUT2D eigenvalue weighted by molar-refractivity contribution is 6.37. The molecule has 0 amide bonds. The Morgan fingerprint density at radius 3 is 1.04 bits per heavy atom. The third kappa shape index (κ3) is 12.1. The zero-order valence-electron chi connectivity index (χ0n) is 46.2. The quantitative estimate of drug-likeness (QED) is 0.0900. The van der Waals surface area contributed by atoms with Crippen LogP contribution >= 0.6 is 34.8 Å². The molecule has 11 rings (SSSR count). The zero-order chi connectivity index (χ0) is 56.9. The number of anilines is 9. The van der Waals surface area contributed by atoms with Crippen LogP contribution in [-0.2, 0) is 0 Å². The monoisotopic (exact) mass is 1130 g/mol. The van der Waals surface area contributed by atoms with E-state index < -0.39 is 0 Å². The minimum Gasteiger partial charge on any atom is -0.456 e. The first-order chi connectivity index (χ1) is 39.8. The Balaban J connectivity index is 1.19. The molecule has 0 saturated carbocycles. The summed E-state index contributed by atoms with van der Waals surface area (Å²) >= 11 is 22.8. The van der Waals surface area contributed by atoms with Crippen LogP contribution in [0.25, 0.3) is 0 Å². The van der Waals surface area contributed by atoms with Gasteiger partial charge in [-0.05, 0) is 184 Å². The lowest BCUT2D eigenvalue weighted by Crippen LogP contribution is -2.18. The molecule has 0 saturated heterocycles. The van der Waals surface area contributed by atoms with Gasteiger partial charge in [-0.15, -0.1) is 0 Å². The first kappa shape index (κ1) is 54.8. The number of halogens is 3. The molecule has 0 bridgehead atoms. The van der Waals surface area contributed by atoms with Crippen LogP contribution in [0.1, 0.15) is 33.4 Å². The van der Waals surface area contributed by atoms with Crippen molar-refractivity contribution in [3.05, 3.63) is 291 Å². The molecule has 7 nitrogen and oxygen atoms in total. The number of rotatable bonds is 17. The van der Waals surface area contributed by atoms with E-state index in [1.807, 2.05) is 164 Å². The van der Waals surface area contributed by atoms with Gasteiger partial charge in [0.05, 0.1) is 27.8 Å². The molecule has 82 heavy (non-hydrogen) atoms. The minimum atomic E-state index is 0.294. The summed E-state index contributed by atoms with van der Waals surface area (Å²) in [7, 11) is 0. The van der Waals surface area contributed by atoms with Crippen molar-refractivity contribution in [3.8, 4) is 46.0 Å². The molecule has 0 atom stereocenters. The number of benzene rings is 11. The van der Waals surface area contributed by atoms with Gasteiger partial charge in [0.1, 0.15) is 44.5 Å². The lowest BCUT2D eigenvalue weighted by molar-refractivity contribution is 0.460. The van der Waals surface area contributed by atoms with E-state index in [-0.39, 0.29) is 0 Å². The SMILES string of the molecule is Cc1cc(C)cc(N(c2cc(C)cc(C)c2)c2cc(N(c3cccc(Oc4cccc(Oc5ccccc5)c4Cl)c3)c3ccccc3C)c(Cl)c(N(c3cc(Oc4ccccc4)c(Cl)c(Oc4ccccc4)c3)c3ccccc3C)c2)c1. The Hall–Kier alpha value is -9.11. The number of hydrogen-bond donors (Lipinski definition) is 0. The van der Waals surface area contributed by atoms with Gasteiger partial charge < -0.3 is 33.6 Å². The predicted octanol–water partition coefficient (Wildman–Crippen LogP) is 23.1. The molecule has 0 radical (unpaired) electrons. The highest BCUT2D eigenvalue weighted by atomic mass is 35.5. The van der Waals surface area contributed by atoms with Crippen LogP contribution in [0, 0.1) is 41.5 Å². The number of para-hydroxylation sites is 5. The minimum absolute atomic E-state index is 0.294. The third-order valence-electron chi connectivity index (χ3n) is 13.8. The molecule has 11 aromatic carbocycles. The largest absolute Gasteiger partial charge is 0.456 e. The molecule has 0 fully saturated rings. The molecular weight excluding hydrogens is 1080 g/mol. The van der Waals surface area contributed by atoms with Crippen LogP contribution in [-0.4, -0.2) is 0 Å². The van der Waals surface area contributed by atoms with Crippen molar-refractivity contribution in [2.75, 3.05) is 14.7 Å². The maximum Gasteiger partial charge on any atom is 0.151 e. The first-order valence-electron chi connectivity index (χ1n) is 26.9. The van der Waals surface area contributed by atoms with Crippen LogP contribution in [0.5, 0.6) is 46.0 Å². The van der Waals surface area contributed by atoms with Gasteiger partial charge in [-0.25, -0.2) is 0 Å². The predicted molar refractivity (Wildman–Crippen MR) is 340 cm³/mol. The average Bonchev–Trinajstić information content (AvgIpc) is 2.76. The topological polar surface area (TPSA) is 46.6 Å². The molecule has 0 aliphatic rings. The Morgan fingerprint density at radius 1 is 0.244 bits per heavy atom. The fourth-order valence-electron chi connectivity index (χ4n) is 10.2. The Kier molecular flexibility index (Phi) is 16.3. The molecule has 0 spiro atoms. The normalized spacial score (nSPS) is 11.0. The lowest BCUT2D eigenvalue weighted by Gasteiger charge is -2.35. The summed E-state index contributed by atoms with van der Waals surface area (Å²) in [6.07, 6.45) is 0. The van der Waals surface area contributed by atoms with Crippen LogP contribution in [0.4, 0.5) is 51.2 Å². The van der Waals surface area contributed by atoms with Crippen molar-refractivity contribution in [3.63, 3.8) is 0 Å². The highest BCUT2D eigenvalue weighted by Gasteiger charge is 2.29.